The summed E-state index contributed by atoms with van der Waals surface area (Å²) < 4.78 is 1.02. The van der Waals surface area contributed by atoms with Gasteiger partial charge in [-0.2, -0.15) is 0 Å². The molecule has 2 nitrogen and oxygen atoms in total. The third kappa shape index (κ3) is 2.02. The van der Waals surface area contributed by atoms with Gasteiger partial charge >= 0.3 is 0 Å². The zero-order valence-electron chi connectivity index (χ0n) is 6.17. The SMILES string of the molecule is CC(O)(CN)c1ccc(Br)s1. The average Bonchev–Trinajstić information content (AvgIpc) is 2.36. The van der Waals surface area contributed by atoms with E-state index >= 15 is 0 Å². The fourth-order valence-electron chi connectivity index (χ4n) is 0.704. The van der Waals surface area contributed by atoms with Gasteiger partial charge in [-0.1, -0.05) is 0 Å². The van der Waals surface area contributed by atoms with Gasteiger partial charge < -0.3 is 10.8 Å². The quantitative estimate of drug-likeness (QED) is 0.820. The molecule has 0 radical (unpaired) electrons. The maximum atomic E-state index is 9.67. The van der Waals surface area contributed by atoms with Crippen molar-refractivity contribution < 1.29 is 5.11 Å². The molecule has 11 heavy (non-hydrogen) atoms. The van der Waals surface area contributed by atoms with E-state index in [1.54, 1.807) is 6.92 Å². The molecule has 1 unspecified atom stereocenters. The summed E-state index contributed by atoms with van der Waals surface area (Å²) in [5.74, 6) is 0. The highest BCUT2D eigenvalue weighted by Crippen LogP contribution is 2.30. The van der Waals surface area contributed by atoms with Gasteiger partial charge in [-0.3, -0.25) is 0 Å². The summed E-state index contributed by atoms with van der Waals surface area (Å²) in [5, 5.41) is 9.67. The zero-order valence-corrected chi connectivity index (χ0v) is 8.58. The van der Waals surface area contributed by atoms with Crippen molar-refractivity contribution in [2.75, 3.05) is 6.54 Å². The van der Waals surface area contributed by atoms with Crippen molar-refractivity contribution in [2.45, 2.75) is 12.5 Å². The number of hydrogen-bond acceptors (Lipinski definition) is 3. The maximum Gasteiger partial charge on any atom is 0.108 e. The number of thiophene rings is 1. The van der Waals surface area contributed by atoms with Crippen molar-refractivity contribution in [3.63, 3.8) is 0 Å². The first-order valence-electron chi connectivity index (χ1n) is 3.24. The van der Waals surface area contributed by atoms with Crippen molar-refractivity contribution in [3.05, 3.63) is 20.8 Å². The van der Waals surface area contributed by atoms with Crippen LogP contribution < -0.4 is 5.73 Å². The zero-order chi connectivity index (χ0) is 8.48. The summed E-state index contributed by atoms with van der Waals surface area (Å²) in [5.41, 5.74) is 4.51. The molecular weight excluding hydrogens is 226 g/mol. The Morgan fingerprint density at radius 2 is 2.36 bits per heavy atom. The number of aliphatic hydroxyl groups is 1. The highest BCUT2D eigenvalue weighted by atomic mass is 79.9. The molecule has 1 rings (SSSR count). The van der Waals surface area contributed by atoms with E-state index in [2.05, 4.69) is 15.9 Å². The lowest BCUT2D eigenvalue weighted by molar-refractivity contribution is 0.0707. The summed E-state index contributed by atoms with van der Waals surface area (Å²) in [6.07, 6.45) is 0. The second kappa shape index (κ2) is 3.23. The van der Waals surface area contributed by atoms with E-state index in [4.69, 9.17) is 5.73 Å². The summed E-state index contributed by atoms with van der Waals surface area (Å²) in [4.78, 5) is 0.895. The molecule has 0 amide bonds. The van der Waals surface area contributed by atoms with Crippen LogP contribution in [0.15, 0.2) is 15.9 Å². The molecule has 1 aromatic heterocycles. The molecule has 0 saturated carbocycles. The molecule has 0 saturated heterocycles. The molecule has 62 valence electrons. The summed E-state index contributed by atoms with van der Waals surface area (Å²) in [6, 6.07) is 3.78. The minimum absolute atomic E-state index is 0.250. The summed E-state index contributed by atoms with van der Waals surface area (Å²) >= 11 is 4.83. The molecule has 0 aliphatic rings. The lowest BCUT2D eigenvalue weighted by atomic mass is 10.1. The molecule has 0 aliphatic heterocycles. The van der Waals surface area contributed by atoms with Crippen LogP contribution in [-0.4, -0.2) is 11.7 Å². The second-order valence-electron chi connectivity index (χ2n) is 2.58. The van der Waals surface area contributed by atoms with Crippen LogP contribution in [0.4, 0.5) is 0 Å². The Labute approximate surface area is 78.2 Å². The van der Waals surface area contributed by atoms with Crippen molar-refractivity contribution in [1.82, 2.24) is 0 Å². The Morgan fingerprint density at radius 1 is 1.73 bits per heavy atom. The molecule has 4 heteroatoms. The van der Waals surface area contributed by atoms with Crippen LogP contribution in [0.5, 0.6) is 0 Å². The van der Waals surface area contributed by atoms with Gasteiger partial charge in [-0.25, -0.2) is 0 Å². The molecule has 0 bridgehead atoms. The Hall–Kier alpha value is 0.1000. The minimum atomic E-state index is -0.878. The van der Waals surface area contributed by atoms with Gasteiger partial charge in [0.05, 0.1) is 3.79 Å². The Morgan fingerprint density at radius 3 is 2.73 bits per heavy atom. The van der Waals surface area contributed by atoms with Gasteiger partial charge in [-0.15, -0.1) is 11.3 Å². The minimum Gasteiger partial charge on any atom is -0.383 e. The van der Waals surface area contributed by atoms with Crippen molar-refractivity contribution in [3.8, 4) is 0 Å². The summed E-state index contributed by atoms with van der Waals surface area (Å²) in [6.45, 7) is 1.96. The molecule has 1 atom stereocenters. The van der Waals surface area contributed by atoms with Crippen molar-refractivity contribution >= 4 is 27.3 Å². The second-order valence-corrected chi connectivity index (χ2v) is 5.04. The lowest BCUT2D eigenvalue weighted by Crippen LogP contribution is -2.30. The van der Waals surface area contributed by atoms with E-state index in [-0.39, 0.29) is 6.54 Å². The fraction of sp³-hybridized carbons (Fsp3) is 0.429. The third-order valence-corrected chi connectivity index (χ3v) is 3.38. The molecule has 0 fully saturated rings. The number of halogens is 1. The van der Waals surface area contributed by atoms with Crippen LogP contribution in [0.25, 0.3) is 0 Å². The van der Waals surface area contributed by atoms with E-state index < -0.39 is 5.60 Å². The normalized spacial score (nSPS) is 16.4. The Balaban J connectivity index is 2.92. The smallest absolute Gasteiger partial charge is 0.108 e. The van der Waals surface area contributed by atoms with Crippen molar-refractivity contribution in [1.29, 1.82) is 0 Å². The molecular formula is C7H10BrNOS. The topological polar surface area (TPSA) is 46.2 Å². The standard InChI is InChI=1S/C7H10BrNOS/c1-7(10,4-9)5-2-3-6(8)11-5/h2-3,10H,4,9H2,1H3. The first kappa shape index (κ1) is 9.19. The summed E-state index contributed by atoms with van der Waals surface area (Å²) in [7, 11) is 0. The number of nitrogens with two attached hydrogens (primary N) is 1. The Bertz CT molecular complexity index is 246. The first-order chi connectivity index (χ1) is 5.06. The predicted octanol–water partition coefficient (Wildman–Crippen LogP) is 1.68. The highest BCUT2D eigenvalue weighted by molar-refractivity contribution is 9.11. The molecule has 1 heterocycles. The van der Waals surface area contributed by atoms with Crippen LogP contribution >= 0.6 is 27.3 Å². The van der Waals surface area contributed by atoms with Crippen LogP contribution in [0.3, 0.4) is 0 Å². The van der Waals surface area contributed by atoms with Crippen LogP contribution in [0, 0.1) is 0 Å². The molecule has 3 N–H and O–H groups in total. The number of rotatable bonds is 2. The molecule has 0 aromatic carbocycles. The molecule has 0 aliphatic carbocycles. The third-order valence-electron chi connectivity index (χ3n) is 1.50. The monoisotopic (exact) mass is 235 g/mol. The van der Waals surface area contributed by atoms with E-state index in [1.165, 1.54) is 11.3 Å². The van der Waals surface area contributed by atoms with E-state index in [0.717, 1.165) is 8.66 Å². The van der Waals surface area contributed by atoms with Crippen LogP contribution in [-0.2, 0) is 5.60 Å². The van der Waals surface area contributed by atoms with Crippen LogP contribution in [0.1, 0.15) is 11.8 Å². The van der Waals surface area contributed by atoms with Gasteiger partial charge in [0.2, 0.25) is 0 Å². The number of hydrogen-bond donors (Lipinski definition) is 2. The maximum absolute atomic E-state index is 9.67. The van der Waals surface area contributed by atoms with Gasteiger partial charge in [0.1, 0.15) is 5.60 Å². The Kier molecular flexibility index (Phi) is 2.70. The molecule has 0 spiro atoms. The van der Waals surface area contributed by atoms with Gasteiger partial charge in [-0.05, 0) is 35.0 Å². The van der Waals surface area contributed by atoms with Gasteiger partial charge in [0.15, 0.2) is 0 Å². The van der Waals surface area contributed by atoms with Crippen LogP contribution in [0.2, 0.25) is 0 Å². The van der Waals surface area contributed by atoms with E-state index in [9.17, 15) is 5.11 Å². The van der Waals surface area contributed by atoms with Gasteiger partial charge in [0, 0.05) is 11.4 Å². The van der Waals surface area contributed by atoms with Crippen molar-refractivity contribution in [2.24, 2.45) is 5.73 Å². The predicted molar refractivity (Wildman–Crippen MR) is 50.6 cm³/mol. The largest absolute Gasteiger partial charge is 0.383 e. The average molecular weight is 236 g/mol. The lowest BCUT2D eigenvalue weighted by Gasteiger charge is -2.18. The first-order valence-corrected chi connectivity index (χ1v) is 4.85. The van der Waals surface area contributed by atoms with E-state index in [0.29, 0.717) is 0 Å². The fourth-order valence-corrected chi connectivity index (χ4v) is 2.15. The van der Waals surface area contributed by atoms with Gasteiger partial charge in [0.25, 0.3) is 0 Å². The highest BCUT2D eigenvalue weighted by Gasteiger charge is 2.22. The van der Waals surface area contributed by atoms with E-state index in [1.807, 2.05) is 12.1 Å². The molecule has 1 aromatic rings.